The van der Waals surface area contributed by atoms with Crippen LogP contribution in [0.2, 0.25) is 0 Å². The van der Waals surface area contributed by atoms with E-state index in [4.69, 9.17) is 9.47 Å². The maximum atomic E-state index is 5.82. The molecule has 1 N–H and O–H groups in total. The lowest BCUT2D eigenvalue weighted by molar-refractivity contribution is 0.0788. The summed E-state index contributed by atoms with van der Waals surface area (Å²) in [6.07, 6.45) is 2.83. The molecule has 0 saturated carbocycles. The number of ether oxygens (including phenoxy) is 2. The van der Waals surface area contributed by atoms with Gasteiger partial charge in [0.25, 0.3) is 0 Å². The van der Waals surface area contributed by atoms with Crippen LogP contribution in [0.1, 0.15) is 45.2 Å². The van der Waals surface area contributed by atoms with Crippen LogP contribution >= 0.6 is 0 Å². The van der Waals surface area contributed by atoms with Gasteiger partial charge in [-0.05, 0) is 50.9 Å². The maximum absolute atomic E-state index is 5.82. The van der Waals surface area contributed by atoms with Crippen LogP contribution in [0.4, 0.5) is 0 Å². The third-order valence-electron chi connectivity index (χ3n) is 3.37. The van der Waals surface area contributed by atoms with Crippen LogP contribution in [-0.4, -0.2) is 25.4 Å². The molecule has 19 heavy (non-hydrogen) atoms. The Labute approximate surface area is 116 Å². The second kappa shape index (κ2) is 6.92. The summed E-state index contributed by atoms with van der Waals surface area (Å²) in [7, 11) is 0. The van der Waals surface area contributed by atoms with Crippen LogP contribution < -0.4 is 10.1 Å². The fourth-order valence-electron chi connectivity index (χ4n) is 2.58. The van der Waals surface area contributed by atoms with E-state index >= 15 is 0 Å². The largest absolute Gasteiger partial charge is 0.491 e. The summed E-state index contributed by atoms with van der Waals surface area (Å²) in [5.74, 6) is 0.932. The highest BCUT2D eigenvalue weighted by molar-refractivity contribution is 5.30. The van der Waals surface area contributed by atoms with E-state index in [1.807, 2.05) is 13.8 Å². The number of rotatable bonds is 6. The Morgan fingerprint density at radius 3 is 2.58 bits per heavy atom. The summed E-state index contributed by atoms with van der Waals surface area (Å²) in [5, 5.41) is 3.54. The normalized spacial score (nSPS) is 20.7. The minimum absolute atomic E-state index is 0.216. The predicted molar refractivity (Wildman–Crippen MR) is 77.6 cm³/mol. The lowest BCUT2D eigenvalue weighted by Crippen LogP contribution is -2.31. The first kappa shape index (κ1) is 14.4. The summed E-state index contributed by atoms with van der Waals surface area (Å²) in [5.41, 5.74) is 1.28. The van der Waals surface area contributed by atoms with Crippen LogP contribution in [0, 0.1) is 0 Å². The van der Waals surface area contributed by atoms with Crippen LogP contribution in [0.25, 0.3) is 0 Å². The molecule has 106 valence electrons. The fraction of sp³-hybridized carbons (Fsp3) is 0.625. The Bertz CT molecular complexity index is 369. The quantitative estimate of drug-likeness (QED) is 0.854. The molecule has 1 saturated heterocycles. The second-order valence-electron chi connectivity index (χ2n) is 5.32. The highest BCUT2D eigenvalue weighted by Crippen LogP contribution is 2.28. The zero-order chi connectivity index (χ0) is 13.7. The van der Waals surface area contributed by atoms with Crippen molar-refractivity contribution in [2.45, 2.75) is 51.9 Å². The third-order valence-corrected chi connectivity index (χ3v) is 3.37. The van der Waals surface area contributed by atoms with Crippen molar-refractivity contribution < 1.29 is 9.47 Å². The minimum atomic E-state index is 0.216. The first-order chi connectivity index (χ1) is 9.20. The topological polar surface area (TPSA) is 30.5 Å². The molecule has 0 aromatic heterocycles. The lowest BCUT2D eigenvalue weighted by atomic mass is 9.99. The zero-order valence-electron chi connectivity index (χ0n) is 12.2. The molecule has 3 heteroatoms. The molecule has 2 atom stereocenters. The Morgan fingerprint density at radius 2 is 2.05 bits per heavy atom. The molecule has 1 heterocycles. The molecule has 3 nitrogen and oxygen atoms in total. The lowest BCUT2D eigenvalue weighted by Gasteiger charge is -2.24. The molecule has 2 unspecified atom stereocenters. The number of hydrogen-bond donors (Lipinski definition) is 1. The number of likely N-dealkylation sites (N-methyl/N-ethyl adjacent to an activating group) is 1. The SMILES string of the molecule is CCNC(c1ccc(OC(C)C)cc1)C1CCCO1. The van der Waals surface area contributed by atoms with Crippen LogP contribution in [0.3, 0.4) is 0 Å². The van der Waals surface area contributed by atoms with Gasteiger partial charge in [0.15, 0.2) is 0 Å². The van der Waals surface area contributed by atoms with Gasteiger partial charge in [0.2, 0.25) is 0 Å². The van der Waals surface area contributed by atoms with Crippen molar-refractivity contribution in [2.75, 3.05) is 13.2 Å². The highest BCUT2D eigenvalue weighted by atomic mass is 16.5. The van der Waals surface area contributed by atoms with Gasteiger partial charge in [0, 0.05) is 6.61 Å². The van der Waals surface area contributed by atoms with Crippen molar-refractivity contribution in [3.8, 4) is 5.75 Å². The van der Waals surface area contributed by atoms with E-state index in [-0.39, 0.29) is 6.10 Å². The minimum Gasteiger partial charge on any atom is -0.491 e. The number of hydrogen-bond acceptors (Lipinski definition) is 3. The highest BCUT2D eigenvalue weighted by Gasteiger charge is 2.26. The van der Waals surface area contributed by atoms with Crippen molar-refractivity contribution in [1.82, 2.24) is 5.32 Å². The average Bonchev–Trinajstić information content (AvgIpc) is 2.90. The molecule has 0 amide bonds. The van der Waals surface area contributed by atoms with E-state index in [0.29, 0.717) is 12.1 Å². The Balaban J connectivity index is 2.08. The van der Waals surface area contributed by atoms with Crippen molar-refractivity contribution >= 4 is 0 Å². The molecule has 0 spiro atoms. The molecule has 0 aliphatic carbocycles. The van der Waals surface area contributed by atoms with Gasteiger partial charge >= 0.3 is 0 Å². The molecule has 0 radical (unpaired) electrons. The van der Waals surface area contributed by atoms with Crippen molar-refractivity contribution in [3.05, 3.63) is 29.8 Å². The molecular formula is C16H25NO2. The van der Waals surface area contributed by atoms with E-state index in [1.165, 1.54) is 12.0 Å². The maximum Gasteiger partial charge on any atom is 0.119 e. The van der Waals surface area contributed by atoms with E-state index in [2.05, 4.69) is 36.5 Å². The average molecular weight is 263 g/mol. The van der Waals surface area contributed by atoms with E-state index in [0.717, 1.165) is 25.3 Å². The van der Waals surface area contributed by atoms with Gasteiger partial charge in [-0.15, -0.1) is 0 Å². The summed E-state index contributed by atoms with van der Waals surface area (Å²) in [4.78, 5) is 0. The molecule has 1 aromatic rings. The van der Waals surface area contributed by atoms with Crippen molar-refractivity contribution in [1.29, 1.82) is 0 Å². The van der Waals surface area contributed by atoms with Gasteiger partial charge in [-0.3, -0.25) is 0 Å². The molecule has 2 rings (SSSR count). The van der Waals surface area contributed by atoms with Crippen LogP contribution in [0.15, 0.2) is 24.3 Å². The standard InChI is InChI=1S/C16H25NO2/c1-4-17-16(15-6-5-11-18-15)13-7-9-14(10-8-13)19-12(2)3/h7-10,12,15-17H,4-6,11H2,1-3H3. The molecule has 1 aromatic carbocycles. The monoisotopic (exact) mass is 263 g/mol. The number of benzene rings is 1. The first-order valence-electron chi connectivity index (χ1n) is 7.32. The number of nitrogens with one attached hydrogen (secondary N) is 1. The summed E-state index contributed by atoms with van der Waals surface area (Å²) >= 11 is 0. The molecular weight excluding hydrogens is 238 g/mol. The van der Waals surface area contributed by atoms with Gasteiger partial charge in [-0.25, -0.2) is 0 Å². The second-order valence-corrected chi connectivity index (χ2v) is 5.32. The summed E-state index contributed by atoms with van der Waals surface area (Å²) < 4.78 is 11.5. The Kier molecular flexibility index (Phi) is 5.23. The summed E-state index contributed by atoms with van der Waals surface area (Å²) in [6.45, 7) is 8.07. The smallest absolute Gasteiger partial charge is 0.119 e. The van der Waals surface area contributed by atoms with Gasteiger partial charge in [-0.2, -0.15) is 0 Å². The summed E-state index contributed by atoms with van der Waals surface area (Å²) in [6, 6.07) is 8.68. The predicted octanol–water partition coefficient (Wildman–Crippen LogP) is 3.30. The van der Waals surface area contributed by atoms with Gasteiger partial charge in [0.1, 0.15) is 5.75 Å². The van der Waals surface area contributed by atoms with E-state index < -0.39 is 0 Å². The van der Waals surface area contributed by atoms with Gasteiger partial charge in [0.05, 0.1) is 18.2 Å². The first-order valence-corrected chi connectivity index (χ1v) is 7.32. The van der Waals surface area contributed by atoms with Crippen LogP contribution in [0.5, 0.6) is 5.75 Å². The van der Waals surface area contributed by atoms with Crippen molar-refractivity contribution in [2.24, 2.45) is 0 Å². The Morgan fingerprint density at radius 1 is 1.32 bits per heavy atom. The van der Waals surface area contributed by atoms with E-state index in [9.17, 15) is 0 Å². The van der Waals surface area contributed by atoms with Gasteiger partial charge in [-0.1, -0.05) is 19.1 Å². The van der Waals surface area contributed by atoms with E-state index in [1.54, 1.807) is 0 Å². The molecule has 1 fully saturated rings. The van der Waals surface area contributed by atoms with Crippen LogP contribution in [-0.2, 0) is 4.74 Å². The zero-order valence-corrected chi connectivity index (χ0v) is 12.2. The third kappa shape index (κ3) is 3.95. The molecule has 1 aliphatic rings. The molecule has 0 bridgehead atoms. The Hall–Kier alpha value is -1.06. The van der Waals surface area contributed by atoms with Gasteiger partial charge < -0.3 is 14.8 Å². The molecule has 1 aliphatic heterocycles. The fourth-order valence-corrected chi connectivity index (χ4v) is 2.58. The van der Waals surface area contributed by atoms with Crippen molar-refractivity contribution in [3.63, 3.8) is 0 Å².